The summed E-state index contributed by atoms with van der Waals surface area (Å²) in [6, 6.07) is 19.5. The minimum Gasteiger partial charge on any atom is -0.507 e. The lowest BCUT2D eigenvalue weighted by atomic mass is 9.98. The third-order valence-corrected chi connectivity index (χ3v) is 6.45. The van der Waals surface area contributed by atoms with Gasteiger partial charge >= 0.3 is 0 Å². The zero-order valence-electron chi connectivity index (χ0n) is 17.5. The number of likely N-dealkylation sites (tertiary alicyclic amines) is 1. The van der Waals surface area contributed by atoms with Crippen LogP contribution in [0.4, 0.5) is 0 Å². The minimum atomic E-state index is -0.764. The largest absolute Gasteiger partial charge is 0.507 e. The number of benzene rings is 2. The number of H-pyrrole nitrogens is 1. The third kappa shape index (κ3) is 3.85. The normalized spacial score (nSPS) is 17.7. The summed E-state index contributed by atoms with van der Waals surface area (Å²) in [6.45, 7) is 0.310. The standard InChI is InChI=1S/C26H20BrN3O3/c27-18-10-8-16(9-11-18)24(31)22-23(21-7-3-4-13-28-21)30(26(33)25(22)32)14-12-17-15-29-20-6-2-1-5-19(17)20/h1-11,13,15,23,29,31H,12,14H2/b24-22-. The number of pyridine rings is 1. The van der Waals surface area contributed by atoms with Crippen molar-refractivity contribution in [3.8, 4) is 0 Å². The number of carbonyl (C=O) groups excluding carboxylic acids is 2. The SMILES string of the molecule is O=C1C(=O)N(CCc2c[nH]c3ccccc23)C(c2ccccn2)/C1=C(/O)c1ccc(Br)cc1. The first-order chi connectivity index (χ1) is 16.0. The van der Waals surface area contributed by atoms with Crippen LogP contribution in [-0.4, -0.2) is 38.2 Å². The Morgan fingerprint density at radius 1 is 1.03 bits per heavy atom. The van der Waals surface area contributed by atoms with Crippen molar-refractivity contribution in [1.29, 1.82) is 0 Å². The smallest absolute Gasteiger partial charge is 0.295 e. The van der Waals surface area contributed by atoms with Gasteiger partial charge < -0.3 is 15.0 Å². The molecule has 5 rings (SSSR count). The van der Waals surface area contributed by atoms with Gasteiger partial charge in [0.1, 0.15) is 11.8 Å². The summed E-state index contributed by atoms with van der Waals surface area (Å²) in [5, 5.41) is 12.2. The monoisotopic (exact) mass is 501 g/mol. The fraction of sp³-hybridized carbons (Fsp3) is 0.115. The highest BCUT2D eigenvalue weighted by Gasteiger charge is 2.46. The van der Waals surface area contributed by atoms with Crippen molar-refractivity contribution in [3.63, 3.8) is 0 Å². The Hall–Kier alpha value is -3.71. The van der Waals surface area contributed by atoms with Crippen LogP contribution in [0, 0.1) is 0 Å². The number of rotatable bonds is 5. The topological polar surface area (TPSA) is 86.3 Å². The second kappa shape index (κ2) is 8.67. The van der Waals surface area contributed by atoms with Gasteiger partial charge in [-0.15, -0.1) is 0 Å². The molecule has 0 radical (unpaired) electrons. The van der Waals surface area contributed by atoms with Crippen molar-refractivity contribution in [3.05, 3.63) is 106 Å². The number of carbonyl (C=O) groups is 2. The van der Waals surface area contributed by atoms with Gasteiger partial charge in [-0.3, -0.25) is 14.6 Å². The van der Waals surface area contributed by atoms with Gasteiger partial charge in [-0.25, -0.2) is 0 Å². The number of ketones is 1. The van der Waals surface area contributed by atoms with Crippen LogP contribution in [0.5, 0.6) is 0 Å². The van der Waals surface area contributed by atoms with Crippen LogP contribution in [0.1, 0.15) is 22.9 Å². The molecule has 1 aliphatic heterocycles. The average Bonchev–Trinajstić information content (AvgIpc) is 3.37. The van der Waals surface area contributed by atoms with Gasteiger partial charge in [0.2, 0.25) is 0 Å². The molecule has 0 bridgehead atoms. The molecule has 4 aromatic rings. The first kappa shape index (κ1) is 21.2. The highest BCUT2D eigenvalue weighted by Crippen LogP contribution is 2.39. The van der Waals surface area contributed by atoms with E-state index in [0.29, 0.717) is 24.2 Å². The summed E-state index contributed by atoms with van der Waals surface area (Å²) in [6.07, 6.45) is 4.10. The minimum absolute atomic E-state index is 0.0555. The molecule has 3 heterocycles. The predicted molar refractivity (Wildman–Crippen MR) is 129 cm³/mol. The van der Waals surface area contributed by atoms with Gasteiger partial charge in [-0.2, -0.15) is 0 Å². The Kier molecular flexibility index (Phi) is 5.56. The van der Waals surface area contributed by atoms with Crippen LogP contribution in [0.3, 0.4) is 0 Å². The Morgan fingerprint density at radius 3 is 2.55 bits per heavy atom. The van der Waals surface area contributed by atoms with E-state index in [0.717, 1.165) is 20.9 Å². The molecule has 1 unspecified atom stereocenters. The lowest BCUT2D eigenvalue weighted by molar-refractivity contribution is -0.139. The zero-order chi connectivity index (χ0) is 22.9. The van der Waals surface area contributed by atoms with Crippen LogP contribution in [0.2, 0.25) is 0 Å². The molecular formula is C26H20BrN3O3. The number of aromatic nitrogens is 2. The number of aliphatic hydroxyl groups excluding tert-OH is 1. The van der Waals surface area contributed by atoms with Crippen molar-refractivity contribution in [2.24, 2.45) is 0 Å². The number of halogens is 1. The molecule has 1 fully saturated rings. The van der Waals surface area contributed by atoms with E-state index in [1.807, 2.05) is 36.5 Å². The Balaban J connectivity index is 1.55. The molecule has 6 nitrogen and oxygen atoms in total. The maximum Gasteiger partial charge on any atom is 0.295 e. The van der Waals surface area contributed by atoms with Crippen molar-refractivity contribution < 1.29 is 14.7 Å². The van der Waals surface area contributed by atoms with Crippen molar-refractivity contribution in [1.82, 2.24) is 14.9 Å². The van der Waals surface area contributed by atoms with Crippen LogP contribution >= 0.6 is 15.9 Å². The molecule has 7 heteroatoms. The number of para-hydroxylation sites is 1. The van der Waals surface area contributed by atoms with E-state index < -0.39 is 17.7 Å². The van der Waals surface area contributed by atoms with Crippen LogP contribution < -0.4 is 0 Å². The van der Waals surface area contributed by atoms with E-state index >= 15 is 0 Å². The molecule has 164 valence electrons. The molecule has 33 heavy (non-hydrogen) atoms. The lowest BCUT2D eigenvalue weighted by Crippen LogP contribution is -2.32. The van der Waals surface area contributed by atoms with E-state index in [-0.39, 0.29) is 11.3 Å². The highest BCUT2D eigenvalue weighted by atomic mass is 79.9. The summed E-state index contributed by atoms with van der Waals surface area (Å²) in [5.74, 6) is -1.54. The van der Waals surface area contributed by atoms with E-state index in [1.165, 1.54) is 4.90 Å². The molecule has 0 spiro atoms. The van der Waals surface area contributed by atoms with Crippen LogP contribution in [0.25, 0.3) is 16.7 Å². The fourth-order valence-corrected chi connectivity index (χ4v) is 4.56. The van der Waals surface area contributed by atoms with E-state index in [1.54, 1.807) is 42.6 Å². The summed E-state index contributed by atoms with van der Waals surface area (Å²) in [4.78, 5) is 35.4. The first-order valence-corrected chi connectivity index (χ1v) is 11.3. The van der Waals surface area contributed by atoms with Gasteiger partial charge in [0, 0.05) is 39.9 Å². The Labute approximate surface area is 198 Å². The van der Waals surface area contributed by atoms with E-state index in [2.05, 4.69) is 25.9 Å². The molecule has 1 aliphatic rings. The highest BCUT2D eigenvalue weighted by molar-refractivity contribution is 9.10. The zero-order valence-corrected chi connectivity index (χ0v) is 19.1. The van der Waals surface area contributed by atoms with E-state index in [9.17, 15) is 14.7 Å². The lowest BCUT2D eigenvalue weighted by Gasteiger charge is -2.24. The predicted octanol–water partition coefficient (Wildman–Crippen LogP) is 4.99. The number of aromatic amines is 1. The molecule has 2 N–H and O–H groups in total. The number of hydrogen-bond donors (Lipinski definition) is 2. The number of Topliss-reactive ketones (excluding diaryl/α,β-unsaturated/α-hetero) is 1. The number of hydrogen-bond acceptors (Lipinski definition) is 4. The summed E-state index contributed by atoms with van der Waals surface area (Å²) >= 11 is 3.37. The van der Waals surface area contributed by atoms with Crippen molar-refractivity contribution >= 4 is 44.3 Å². The van der Waals surface area contributed by atoms with Crippen molar-refractivity contribution in [2.75, 3.05) is 6.54 Å². The molecule has 2 aromatic heterocycles. The quantitative estimate of drug-likeness (QED) is 0.229. The van der Waals surface area contributed by atoms with Gasteiger partial charge in [0.25, 0.3) is 11.7 Å². The molecule has 0 saturated carbocycles. The van der Waals surface area contributed by atoms with Crippen LogP contribution in [-0.2, 0) is 16.0 Å². The van der Waals surface area contributed by atoms with Gasteiger partial charge in [-0.1, -0.05) is 52.3 Å². The number of nitrogens with zero attached hydrogens (tertiary/aromatic N) is 2. The summed E-state index contributed by atoms with van der Waals surface area (Å²) < 4.78 is 0.847. The second-order valence-electron chi connectivity index (χ2n) is 7.86. The molecular weight excluding hydrogens is 482 g/mol. The second-order valence-corrected chi connectivity index (χ2v) is 8.78. The molecule has 0 aliphatic carbocycles. The molecule has 2 aromatic carbocycles. The summed E-state index contributed by atoms with van der Waals surface area (Å²) in [7, 11) is 0. The number of aliphatic hydroxyl groups is 1. The maximum atomic E-state index is 13.1. The Bertz CT molecular complexity index is 1380. The Morgan fingerprint density at radius 2 is 1.79 bits per heavy atom. The molecule has 1 amide bonds. The van der Waals surface area contributed by atoms with E-state index in [4.69, 9.17) is 0 Å². The number of amides is 1. The van der Waals surface area contributed by atoms with Gasteiger partial charge in [0.05, 0.1) is 11.3 Å². The maximum absolute atomic E-state index is 13.1. The van der Waals surface area contributed by atoms with Gasteiger partial charge in [0.15, 0.2) is 0 Å². The fourth-order valence-electron chi connectivity index (χ4n) is 4.30. The van der Waals surface area contributed by atoms with Crippen molar-refractivity contribution in [2.45, 2.75) is 12.5 Å². The molecule has 1 saturated heterocycles. The number of nitrogens with one attached hydrogen (secondary N) is 1. The van der Waals surface area contributed by atoms with Crippen LogP contribution in [0.15, 0.2) is 89.2 Å². The third-order valence-electron chi connectivity index (χ3n) is 5.92. The molecule has 1 atom stereocenters. The van der Waals surface area contributed by atoms with Gasteiger partial charge in [-0.05, 0) is 42.3 Å². The average molecular weight is 502 g/mol. The number of fused-ring (bicyclic) bond motifs is 1. The summed E-state index contributed by atoms with van der Waals surface area (Å²) in [5.41, 5.74) is 3.13. The first-order valence-electron chi connectivity index (χ1n) is 10.5.